The fraction of sp³-hybridized carbons (Fsp3) is 0.643. The van der Waals surface area contributed by atoms with E-state index in [1.165, 1.54) is 25.7 Å². The fourth-order valence-electron chi connectivity index (χ4n) is 2.61. The lowest BCUT2D eigenvalue weighted by Gasteiger charge is -2.31. The molecule has 0 radical (unpaired) electrons. The van der Waals surface area contributed by atoms with Crippen molar-refractivity contribution in [3.05, 3.63) is 12.7 Å². The summed E-state index contributed by atoms with van der Waals surface area (Å²) in [4.78, 5) is 15.9. The van der Waals surface area contributed by atoms with Gasteiger partial charge in [-0.05, 0) is 24.0 Å². The highest BCUT2D eigenvalue weighted by Gasteiger charge is 2.27. The number of hydrogen-bond acceptors (Lipinski definition) is 5. The number of nitrogens with zero attached hydrogens (tertiary/aromatic N) is 3. The van der Waals surface area contributed by atoms with Gasteiger partial charge in [-0.15, -0.1) is 11.8 Å². The quantitative estimate of drug-likeness (QED) is 0.440. The molecule has 0 amide bonds. The van der Waals surface area contributed by atoms with Crippen LogP contribution in [0.15, 0.2) is 17.7 Å². The van der Waals surface area contributed by atoms with Crippen LogP contribution >= 0.6 is 24.4 Å². The maximum absolute atomic E-state index is 4.61. The number of thiol groups is 1. The van der Waals surface area contributed by atoms with Gasteiger partial charge in [0.15, 0.2) is 5.65 Å². The first kappa shape index (κ1) is 15.6. The van der Waals surface area contributed by atoms with E-state index >= 15 is 0 Å². The van der Waals surface area contributed by atoms with E-state index in [0.717, 1.165) is 27.7 Å². The Morgan fingerprint density at radius 3 is 2.60 bits per heavy atom. The molecule has 0 aliphatic heterocycles. The molecular weight excluding hydrogens is 288 g/mol. The highest BCUT2D eigenvalue weighted by atomic mass is 32.2. The lowest BCUT2D eigenvalue weighted by molar-refractivity contribution is 0.318. The molecule has 110 valence electrons. The Morgan fingerprint density at radius 1 is 1.20 bits per heavy atom. The number of fused-ring (bicyclic) bond motifs is 1. The number of H-pyrrole nitrogens is 1. The Hall–Kier alpha value is -0.750. The van der Waals surface area contributed by atoms with Gasteiger partial charge in [-0.25, -0.2) is 15.0 Å². The maximum Gasteiger partial charge on any atom is 0.181 e. The zero-order valence-electron chi connectivity index (χ0n) is 12.1. The van der Waals surface area contributed by atoms with Crippen LogP contribution < -0.4 is 0 Å². The number of thioether (sulfide) groups is 1. The lowest BCUT2D eigenvalue weighted by Crippen LogP contribution is -2.26. The predicted molar refractivity (Wildman–Crippen MR) is 88.5 cm³/mol. The summed E-state index contributed by atoms with van der Waals surface area (Å²) >= 11 is 6.41. The van der Waals surface area contributed by atoms with Crippen molar-refractivity contribution in [1.29, 1.82) is 0 Å². The molecule has 1 N–H and O–H groups in total. The maximum atomic E-state index is 4.61. The van der Waals surface area contributed by atoms with E-state index in [-0.39, 0.29) is 0 Å². The number of rotatable bonds is 8. The van der Waals surface area contributed by atoms with Gasteiger partial charge in [-0.1, -0.05) is 26.7 Å². The molecule has 2 heterocycles. The molecule has 0 unspecified atom stereocenters. The molecule has 0 saturated carbocycles. The Bertz CT molecular complexity index is 535. The van der Waals surface area contributed by atoms with Crippen molar-refractivity contribution in [3.8, 4) is 0 Å². The van der Waals surface area contributed by atoms with Crippen LogP contribution in [0, 0.1) is 5.41 Å². The van der Waals surface area contributed by atoms with Gasteiger partial charge >= 0.3 is 0 Å². The molecule has 0 spiro atoms. The van der Waals surface area contributed by atoms with Crippen molar-refractivity contribution in [2.45, 2.75) is 44.6 Å². The average molecular weight is 310 g/mol. The number of aromatic amines is 1. The normalized spacial score (nSPS) is 12.2. The van der Waals surface area contributed by atoms with Crippen molar-refractivity contribution >= 4 is 35.6 Å². The Labute approximate surface area is 130 Å². The number of hydrogen-bond donors (Lipinski definition) is 2. The van der Waals surface area contributed by atoms with Crippen LogP contribution in [0.1, 0.15) is 39.5 Å². The van der Waals surface area contributed by atoms with Gasteiger partial charge in [-0.3, -0.25) is 0 Å². The third-order valence-corrected chi connectivity index (χ3v) is 5.61. The van der Waals surface area contributed by atoms with E-state index in [0.29, 0.717) is 5.41 Å². The second kappa shape index (κ2) is 7.31. The molecule has 0 aromatic carbocycles. The van der Waals surface area contributed by atoms with Crippen LogP contribution in [0.25, 0.3) is 11.2 Å². The number of imidazole rings is 1. The SMILES string of the molecule is CCCC(CS)(CCC)CSc1ncnc2nc[nH]c12. The zero-order valence-corrected chi connectivity index (χ0v) is 13.8. The lowest BCUT2D eigenvalue weighted by atomic mass is 9.83. The summed E-state index contributed by atoms with van der Waals surface area (Å²) < 4.78 is 0. The Balaban J connectivity index is 2.14. The van der Waals surface area contributed by atoms with E-state index in [2.05, 4.69) is 46.4 Å². The largest absolute Gasteiger partial charge is 0.341 e. The van der Waals surface area contributed by atoms with Crippen LogP contribution in [0.4, 0.5) is 0 Å². The molecule has 20 heavy (non-hydrogen) atoms. The molecule has 0 aliphatic rings. The van der Waals surface area contributed by atoms with Crippen molar-refractivity contribution in [2.24, 2.45) is 5.41 Å². The summed E-state index contributed by atoms with van der Waals surface area (Å²) in [5, 5.41) is 0.992. The molecule has 6 heteroatoms. The van der Waals surface area contributed by atoms with Crippen LogP contribution in [0.5, 0.6) is 0 Å². The van der Waals surface area contributed by atoms with E-state index in [9.17, 15) is 0 Å². The summed E-state index contributed by atoms with van der Waals surface area (Å²) in [7, 11) is 0. The molecule has 2 aromatic rings. The molecular formula is C14H22N4S2. The van der Waals surface area contributed by atoms with Crippen LogP contribution in [0.3, 0.4) is 0 Å². The summed E-state index contributed by atoms with van der Waals surface area (Å²) in [5.74, 6) is 1.97. The van der Waals surface area contributed by atoms with E-state index in [1.54, 1.807) is 24.4 Å². The van der Waals surface area contributed by atoms with Crippen molar-refractivity contribution in [2.75, 3.05) is 11.5 Å². The van der Waals surface area contributed by atoms with Crippen molar-refractivity contribution in [3.63, 3.8) is 0 Å². The van der Waals surface area contributed by atoms with Gasteiger partial charge in [-0.2, -0.15) is 12.6 Å². The molecule has 0 atom stereocenters. The smallest absolute Gasteiger partial charge is 0.181 e. The highest BCUT2D eigenvalue weighted by molar-refractivity contribution is 7.99. The number of aromatic nitrogens is 4. The molecule has 0 aliphatic carbocycles. The molecule has 0 saturated heterocycles. The van der Waals surface area contributed by atoms with Gasteiger partial charge in [0, 0.05) is 5.75 Å². The monoisotopic (exact) mass is 310 g/mol. The van der Waals surface area contributed by atoms with Gasteiger partial charge in [0.1, 0.15) is 16.9 Å². The third-order valence-electron chi connectivity index (χ3n) is 3.60. The van der Waals surface area contributed by atoms with Gasteiger partial charge in [0.05, 0.1) is 6.33 Å². The van der Waals surface area contributed by atoms with E-state index in [4.69, 9.17) is 0 Å². The minimum absolute atomic E-state index is 0.300. The summed E-state index contributed by atoms with van der Waals surface area (Å²) in [6, 6.07) is 0. The first-order valence-electron chi connectivity index (χ1n) is 7.12. The van der Waals surface area contributed by atoms with Crippen LogP contribution in [-0.2, 0) is 0 Å². The third kappa shape index (κ3) is 3.47. The van der Waals surface area contributed by atoms with Gasteiger partial charge < -0.3 is 4.98 Å². The first-order chi connectivity index (χ1) is 9.74. The summed E-state index contributed by atoms with van der Waals surface area (Å²) in [6.45, 7) is 4.49. The molecule has 2 rings (SSSR count). The average Bonchev–Trinajstić information content (AvgIpc) is 2.94. The van der Waals surface area contributed by atoms with Crippen molar-refractivity contribution < 1.29 is 0 Å². The van der Waals surface area contributed by atoms with E-state index in [1.807, 2.05) is 0 Å². The van der Waals surface area contributed by atoms with Gasteiger partial charge in [0.25, 0.3) is 0 Å². The molecule has 4 nitrogen and oxygen atoms in total. The van der Waals surface area contributed by atoms with Crippen LogP contribution in [0.2, 0.25) is 0 Å². The highest BCUT2D eigenvalue weighted by Crippen LogP contribution is 2.37. The predicted octanol–water partition coefficient (Wildman–Crippen LogP) is 3.96. The minimum atomic E-state index is 0.300. The van der Waals surface area contributed by atoms with Gasteiger partial charge in [0.2, 0.25) is 0 Å². The topological polar surface area (TPSA) is 54.5 Å². The molecule has 2 aromatic heterocycles. The van der Waals surface area contributed by atoms with Crippen molar-refractivity contribution in [1.82, 2.24) is 19.9 Å². The second-order valence-electron chi connectivity index (χ2n) is 5.23. The second-order valence-corrected chi connectivity index (χ2v) is 6.51. The zero-order chi connectivity index (χ0) is 14.4. The molecule has 0 fully saturated rings. The summed E-state index contributed by atoms with van der Waals surface area (Å²) in [6.07, 6.45) is 8.10. The first-order valence-corrected chi connectivity index (χ1v) is 8.74. The van der Waals surface area contributed by atoms with Crippen LogP contribution in [-0.4, -0.2) is 31.4 Å². The Morgan fingerprint density at radius 2 is 1.95 bits per heavy atom. The minimum Gasteiger partial charge on any atom is -0.341 e. The number of nitrogens with one attached hydrogen (secondary N) is 1. The molecule has 0 bridgehead atoms. The summed E-state index contributed by atoms with van der Waals surface area (Å²) in [5.41, 5.74) is 1.98. The fourth-order valence-corrected chi connectivity index (χ4v) is 4.44. The van der Waals surface area contributed by atoms with E-state index < -0.39 is 0 Å². The standard InChI is InChI=1S/C14H22N4S2/c1-3-5-14(7-19,6-4-2)8-20-13-11-12(16-9-15-11)17-10-18-13/h9-10,19H,3-8H2,1-2H3,(H,15,16,17,18). The Kier molecular flexibility index (Phi) is 5.72.